The van der Waals surface area contributed by atoms with E-state index in [0.717, 1.165) is 25.7 Å². The van der Waals surface area contributed by atoms with E-state index < -0.39 is 14.9 Å². The van der Waals surface area contributed by atoms with Crippen molar-refractivity contribution in [2.45, 2.75) is 43.5 Å². The number of rotatable bonds is 5. The van der Waals surface area contributed by atoms with Gasteiger partial charge in [0, 0.05) is 24.2 Å². The van der Waals surface area contributed by atoms with E-state index in [2.05, 4.69) is 4.72 Å². The van der Waals surface area contributed by atoms with Crippen LogP contribution in [-0.4, -0.2) is 25.4 Å². The van der Waals surface area contributed by atoms with Gasteiger partial charge in [0.25, 0.3) is 5.69 Å². The minimum Gasteiger partial charge on any atom is -0.326 e. The third-order valence-electron chi connectivity index (χ3n) is 3.65. The third-order valence-corrected chi connectivity index (χ3v) is 5.03. The highest BCUT2D eigenvalue weighted by atomic mass is 32.2. The Morgan fingerprint density at radius 1 is 1.24 bits per heavy atom. The second kappa shape index (κ2) is 6.50. The Balaban J connectivity index is 2.01. The molecule has 116 valence electrons. The Kier molecular flexibility index (Phi) is 4.92. The zero-order valence-corrected chi connectivity index (χ0v) is 12.4. The monoisotopic (exact) mass is 313 g/mol. The molecule has 1 aromatic rings. The summed E-state index contributed by atoms with van der Waals surface area (Å²) in [4.78, 5) is 10.0. The SMILES string of the molecule is N[C@@H]1CCCC[C@H]1NS(=O)(=O)Cc1ccc([N+](=O)[O-])cc1. The van der Waals surface area contributed by atoms with Gasteiger partial charge in [-0.2, -0.15) is 0 Å². The Hall–Kier alpha value is -1.51. The molecule has 0 aromatic heterocycles. The lowest BCUT2D eigenvalue weighted by molar-refractivity contribution is -0.384. The van der Waals surface area contributed by atoms with Crippen LogP contribution in [0.5, 0.6) is 0 Å². The molecule has 0 bridgehead atoms. The van der Waals surface area contributed by atoms with Gasteiger partial charge in [0.1, 0.15) is 0 Å². The lowest BCUT2D eigenvalue weighted by Gasteiger charge is -2.29. The lowest BCUT2D eigenvalue weighted by atomic mass is 9.92. The highest BCUT2D eigenvalue weighted by molar-refractivity contribution is 7.88. The van der Waals surface area contributed by atoms with E-state index in [-0.39, 0.29) is 23.5 Å². The van der Waals surface area contributed by atoms with Crippen molar-refractivity contribution < 1.29 is 13.3 Å². The number of hydrogen-bond acceptors (Lipinski definition) is 5. The molecule has 0 amide bonds. The highest BCUT2D eigenvalue weighted by Gasteiger charge is 2.26. The normalized spacial score (nSPS) is 22.9. The van der Waals surface area contributed by atoms with Crippen molar-refractivity contribution in [2.24, 2.45) is 5.73 Å². The van der Waals surface area contributed by atoms with E-state index in [9.17, 15) is 18.5 Å². The van der Waals surface area contributed by atoms with Crippen LogP contribution in [0.25, 0.3) is 0 Å². The van der Waals surface area contributed by atoms with Gasteiger partial charge in [-0.05, 0) is 18.4 Å². The number of sulfonamides is 1. The summed E-state index contributed by atoms with van der Waals surface area (Å²) in [7, 11) is -3.50. The first kappa shape index (κ1) is 15.9. The fourth-order valence-corrected chi connectivity index (χ4v) is 3.98. The van der Waals surface area contributed by atoms with E-state index in [4.69, 9.17) is 5.73 Å². The molecule has 0 radical (unpaired) electrons. The van der Waals surface area contributed by atoms with Crippen LogP contribution < -0.4 is 10.5 Å². The van der Waals surface area contributed by atoms with Gasteiger partial charge >= 0.3 is 0 Å². The fraction of sp³-hybridized carbons (Fsp3) is 0.538. The molecule has 8 heteroatoms. The van der Waals surface area contributed by atoms with Crippen molar-refractivity contribution in [1.29, 1.82) is 0 Å². The lowest BCUT2D eigenvalue weighted by Crippen LogP contribution is -2.49. The Morgan fingerprint density at radius 2 is 1.86 bits per heavy atom. The van der Waals surface area contributed by atoms with Gasteiger partial charge in [0.15, 0.2) is 0 Å². The van der Waals surface area contributed by atoms with Crippen LogP contribution in [0.15, 0.2) is 24.3 Å². The van der Waals surface area contributed by atoms with Crippen molar-refractivity contribution in [2.75, 3.05) is 0 Å². The molecule has 3 N–H and O–H groups in total. The number of hydrogen-bond donors (Lipinski definition) is 2. The molecule has 0 saturated heterocycles. The van der Waals surface area contributed by atoms with Gasteiger partial charge in [-0.15, -0.1) is 0 Å². The zero-order chi connectivity index (χ0) is 15.5. The molecule has 0 spiro atoms. The molecule has 2 atom stereocenters. The standard InChI is InChI=1S/C13H19N3O4S/c14-12-3-1-2-4-13(12)15-21(19,20)9-10-5-7-11(8-6-10)16(17)18/h5-8,12-13,15H,1-4,9,14H2/t12-,13-/m1/s1. The molecule has 2 rings (SSSR count). The van der Waals surface area contributed by atoms with Crippen molar-refractivity contribution in [3.63, 3.8) is 0 Å². The number of nitrogens with two attached hydrogens (primary N) is 1. The summed E-state index contributed by atoms with van der Waals surface area (Å²) in [6.07, 6.45) is 3.57. The minimum absolute atomic E-state index is 0.0570. The number of nitrogens with one attached hydrogen (secondary N) is 1. The average molecular weight is 313 g/mol. The Bertz CT molecular complexity index is 600. The number of nitro groups is 1. The van der Waals surface area contributed by atoms with E-state index >= 15 is 0 Å². The predicted molar refractivity (Wildman–Crippen MR) is 79.1 cm³/mol. The second-order valence-electron chi connectivity index (χ2n) is 5.36. The smallest absolute Gasteiger partial charge is 0.269 e. The molecule has 1 saturated carbocycles. The molecular weight excluding hydrogens is 294 g/mol. The van der Waals surface area contributed by atoms with Gasteiger partial charge in [0.05, 0.1) is 10.7 Å². The van der Waals surface area contributed by atoms with Gasteiger partial charge in [-0.25, -0.2) is 13.1 Å². The maximum absolute atomic E-state index is 12.1. The predicted octanol–water partition coefficient (Wildman–Crippen LogP) is 1.28. The van der Waals surface area contributed by atoms with Gasteiger partial charge < -0.3 is 5.73 Å². The number of nitro benzene ring substituents is 1. The van der Waals surface area contributed by atoms with Crippen molar-refractivity contribution in [3.05, 3.63) is 39.9 Å². The van der Waals surface area contributed by atoms with Gasteiger partial charge in [-0.1, -0.05) is 25.0 Å². The largest absolute Gasteiger partial charge is 0.326 e. The maximum Gasteiger partial charge on any atom is 0.269 e. The Labute approximate surface area is 123 Å². The van der Waals surface area contributed by atoms with E-state index in [1.165, 1.54) is 24.3 Å². The molecule has 0 unspecified atom stereocenters. The molecule has 1 aliphatic carbocycles. The number of benzene rings is 1. The molecule has 7 nitrogen and oxygen atoms in total. The number of non-ortho nitro benzene ring substituents is 1. The second-order valence-corrected chi connectivity index (χ2v) is 7.11. The highest BCUT2D eigenvalue weighted by Crippen LogP contribution is 2.19. The molecule has 21 heavy (non-hydrogen) atoms. The summed E-state index contributed by atoms with van der Waals surface area (Å²) in [6, 6.07) is 5.15. The van der Waals surface area contributed by atoms with Crippen LogP contribution in [0, 0.1) is 10.1 Å². The van der Waals surface area contributed by atoms with E-state index in [1.54, 1.807) is 0 Å². The van der Waals surface area contributed by atoms with Gasteiger partial charge in [0.2, 0.25) is 10.0 Å². The molecule has 0 aliphatic heterocycles. The molecular formula is C13H19N3O4S. The first-order chi connectivity index (χ1) is 9.87. The summed E-state index contributed by atoms with van der Waals surface area (Å²) in [5.41, 5.74) is 6.39. The van der Waals surface area contributed by atoms with Crippen LogP contribution in [0.1, 0.15) is 31.2 Å². The molecule has 1 aromatic carbocycles. The number of nitrogens with zero attached hydrogens (tertiary/aromatic N) is 1. The summed E-state index contributed by atoms with van der Waals surface area (Å²) in [5.74, 6) is -0.200. The van der Waals surface area contributed by atoms with Crippen molar-refractivity contribution in [1.82, 2.24) is 4.72 Å². The zero-order valence-electron chi connectivity index (χ0n) is 11.6. The first-order valence-electron chi connectivity index (χ1n) is 6.86. The quantitative estimate of drug-likeness (QED) is 0.627. The topological polar surface area (TPSA) is 115 Å². The van der Waals surface area contributed by atoms with Crippen LogP contribution in [0.4, 0.5) is 5.69 Å². The van der Waals surface area contributed by atoms with Crippen LogP contribution >= 0.6 is 0 Å². The molecule has 1 aliphatic rings. The molecule has 1 fully saturated rings. The summed E-state index contributed by atoms with van der Waals surface area (Å²) < 4.78 is 26.9. The van der Waals surface area contributed by atoms with E-state index in [0.29, 0.717) is 5.56 Å². The van der Waals surface area contributed by atoms with Gasteiger partial charge in [-0.3, -0.25) is 10.1 Å². The van der Waals surface area contributed by atoms with Crippen LogP contribution in [0.3, 0.4) is 0 Å². The first-order valence-corrected chi connectivity index (χ1v) is 8.51. The summed E-state index contributed by atoms with van der Waals surface area (Å²) >= 11 is 0. The van der Waals surface area contributed by atoms with Crippen molar-refractivity contribution in [3.8, 4) is 0 Å². The van der Waals surface area contributed by atoms with Crippen LogP contribution in [-0.2, 0) is 15.8 Å². The van der Waals surface area contributed by atoms with E-state index in [1.807, 2.05) is 0 Å². The fourth-order valence-electron chi connectivity index (χ4n) is 2.51. The van der Waals surface area contributed by atoms with Crippen molar-refractivity contribution >= 4 is 15.7 Å². The average Bonchev–Trinajstić information content (AvgIpc) is 2.41. The maximum atomic E-state index is 12.1. The summed E-state index contributed by atoms with van der Waals surface area (Å²) in [6.45, 7) is 0. The minimum atomic E-state index is -3.50. The summed E-state index contributed by atoms with van der Waals surface area (Å²) in [5, 5.41) is 10.6. The molecule has 0 heterocycles. The van der Waals surface area contributed by atoms with Crippen LogP contribution in [0.2, 0.25) is 0 Å². The Morgan fingerprint density at radius 3 is 2.43 bits per heavy atom. The third kappa shape index (κ3) is 4.48.